The molecule has 2 heterocycles. The topological polar surface area (TPSA) is 607 Å². The molecule has 1 fully saturated rings. The maximum absolute atomic E-state index is 15.6. The highest BCUT2D eigenvalue weighted by Crippen LogP contribution is 2.32. The number of carboxylic acids is 1. The molecule has 1 saturated carbocycles. The second-order valence-electron chi connectivity index (χ2n) is 34.8. The quantitative estimate of drug-likeness (QED) is 0.0289. The number of hydrogen-bond acceptors (Lipinski definition) is 20. The zero-order valence-electron chi connectivity index (χ0n) is 74.6. The minimum absolute atomic E-state index is 0.0458. The van der Waals surface area contributed by atoms with Crippen LogP contribution >= 0.6 is 0 Å². The van der Waals surface area contributed by atoms with Crippen molar-refractivity contribution in [3.05, 3.63) is 114 Å². The zero-order valence-corrected chi connectivity index (χ0v) is 74.6. The Balaban J connectivity index is 1.47. The molecule has 0 unspecified atom stereocenters. The van der Waals surface area contributed by atoms with Crippen molar-refractivity contribution in [2.75, 3.05) is 6.61 Å². The van der Waals surface area contributed by atoms with Gasteiger partial charge in [0, 0.05) is 56.1 Å². The Bertz CT molecular complexity index is 4540. The third kappa shape index (κ3) is 34.1. The molecule has 1 aliphatic heterocycles. The Kier molecular flexibility index (Phi) is 41.5. The van der Waals surface area contributed by atoms with E-state index >= 15 is 38.4 Å². The number of aliphatic hydroxyl groups is 2. The zero-order chi connectivity index (χ0) is 94.7. The number of aliphatic hydroxyl groups excluding tert-OH is 2. The van der Waals surface area contributed by atoms with Crippen LogP contribution < -0.4 is 85.9 Å². The summed E-state index contributed by atoms with van der Waals surface area (Å²) in [6.45, 7) is 13.9. The first-order valence-corrected chi connectivity index (χ1v) is 43.8. The van der Waals surface area contributed by atoms with Crippen LogP contribution in [0.15, 0.2) is 97.2 Å². The SMILES string of the molecule is CC(=O)N[C@@H](CC(C)C)C(=O)N[C@H](C(=O)N[C@@H](Cc1ccccc1)C(=O)N[C@]1(C)CCCCCC/C=C\CCC[C@@](C)(C(=O)N[C@H](CO)C(=O)N[C@H](C)C(=O)N[C@H](C)C(N)=O)NC(=O)[C@@H](CC2CCC2)NC(=O)[C@H](CC(C)C)NC(=O)[C@H](CCC(N)=O)NC(=O)[C@H](Cc2c[nH]c3ccccc23)NC(=O)[C@H](Cc2ccc(O)cc2)NC(=O)[C@H](CCC(=O)O)NC1=O)[C@@H](C)O. The molecule has 16 amide bonds. The molecule has 0 radical (unpaired) electrons. The average Bonchev–Trinajstić information content (AvgIpc) is 1.73. The number of aromatic hydroxyl groups is 1. The number of amides is 16. The van der Waals surface area contributed by atoms with Gasteiger partial charge in [-0.25, -0.2) is 0 Å². The average molecular weight is 1790 g/mol. The number of allylic oxidation sites excluding steroid dienone is 2. The van der Waals surface area contributed by atoms with Gasteiger partial charge in [-0.1, -0.05) is 139 Å². The molecule has 2 aliphatic rings. The fourth-order valence-electron chi connectivity index (χ4n) is 14.9. The number of aromatic amines is 1. The molecule has 0 spiro atoms. The predicted octanol–water partition coefficient (Wildman–Crippen LogP) is 0.880. The number of hydrogen-bond donors (Lipinski definition) is 21. The van der Waals surface area contributed by atoms with E-state index in [4.69, 9.17) is 11.5 Å². The molecule has 6 rings (SSSR count). The van der Waals surface area contributed by atoms with Crippen molar-refractivity contribution in [3.8, 4) is 5.75 Å². The Morgan fingerprint density at radius 1 is 0.523 bits per heavy atom. The summed E-state index contributed by atoms with van der Waals surface area (Å²) in [4.78, 5) is 245. The molecule has 4 aromatic rings. The molecule has 23 N–H and O–H groups in total. The van der Waals surface area contributed by atoms with Crippen molar-refractivity contribution in [2.24, 2.45) is 29.2 Å². The van der Waals surface area contributed by atoms with Gasteiger partial charge in [0.1, 0.15) is 89.3 Å². The molecule has 702 valence electrons. The normalized spacial score (nSPS) is 22.7. The second-order valence-corrected chi connectivity index (χ2v) is 34.8. The van der Waals surface area contributed by atoms with Gasteiger partial charge >= 0.3 is 5.97 Å². The Morgan fingerprint density at radius 3 is 1.68 bits per heavy atom. The molecule has 1 aliphatic carbocycles. The molecule has 0 bridgehead atoms. The third-order valence-electron chi connectivity index (χ3n) is 22.6. The molecular weight excluding hydrogens is 1660 g/mol. The molecule has 1 aromatic heterocycles. The second kappa shape index (κ2) is 50.9. The first-order valence-electron chi connectivity index (χ1n) is 43.8. The lowest BCUT2D eigenvalue weighted by Crippen LogP contribution is -2.65. The third-order valence-corrected chi connectivity index (χ3v) is 22.6. The maximum atomic E-state index is 15.6. The van der Waals surface area contributed by atoms with E-state index in [9.17, 15) is 63.6 Å². The minimum atomic E-state index is -2.08. The number of aromatic nitrogens is 1. The van der Waals surface area contributed by atoms with Gasteiger partial charge in [-0.05, 0) is 158 Å². The van der Waals surface area contributed by atoms with Crippen LogP contribution in [0.5, 0.6) is 5.75 Å². The van der Waals surface area contributed by atoms with Gasteiger partial charge in [-0.2, -0.15) is 0 Å². The van der Waals surface area contributed by atoms with Crippen LogP contribution in [-0.4, -0.2) is 222 Å². The van der Waals surface area contributed by atoms with Crippen LogP contribution in [0.4, 0.5) is 0 Å². The highest BCUT2D eigenvalue weighted by atomic mass is 16.4. The van der Waals surface area contributed by atoms with Gasteiger partial charge in [0.05, 0.1) is 12.7 Å². The Hall–Kier alpha value is -12.4. The van der Waals surface area contributed by atoms with Gasteiger partial charge < -0.3 is 111 Å². The summed E-state index contributed by atoms with van der Waals surface area (Å²) in [7, 11) is 0. The number of carbonyl (C=O) groups is 17. The van der Waals surface area contributed by atoms with E-state index in [0.717, 1.165) is 6.42 Å². The van der Waals surface area contributed by atoms with Crippen LogP contribution in [-0.2, 0) is 101 Å². The maximum Gasteiger partial charge on any atom is 0.303 e. The summed E-state index contributed by atoms with van der Waals surface area (Å²) in [5, 5.41) is 79.8. The highest BCUT2D eigenvalue weighted by Gasteiger charge is 2.44. The fourth-order valence-corrected chi connectivity index (χ4v) is 14.9. The number of rotatable bonds is 34. The molecular formula is C90H131N17O21. The fraction of sp³-hybridized carbons (Fsp3) is 0.567. The Labute approximate surface area is 745 Å². The highest BCUT2D eigenvalue weighted by molar-refractivity contribution is 6.02. The number of fused-ring (bicyclic) bond motifs is 1. The summed E-state index contributed by atoms with van der Waals surface area (Å²) in [5.74, 6) is -17.3. The number of nitrogens with one attached hydrogen (secondary N) is 15. The Morgan fingerprint density at radius 2 is 1.09 bits per heavy atom. The van der Waals surface area contributed by atoms with Crippen molar-refractivity contribution in [2.45, 2.75) is 300 Å². The summed E-state index contributed by atoms with van der Waals surface area (Å²) in [6, 6.07) is 2.21. The van der Waals surface area contributed by atoms with Crippen molar-refractivity contribution in [1.29, 1.82) is 0 Å². The summed E-state index contributed by atoms with van der Waals surface area (Å²) in [6.07, 6.45) is 4.71. The van der Waals surface area contributed by atoms with Crippen LogP contribution in [0.25, 0.3) is 10.9 Å². The van der Waals surface area contributed by atoms with Crippen LogP contribution in [0, 0.1) is 17.8 Å². The number of primary amides is 2. The molecule has 3 aromatic carbocycles. The van der Waals surface area contributed by atoms with Crippen molar-refractivity contribution in [1.82, 2.24) is 79.4 Å². The molecule has 38 heteroatoms. The van der Waals surface area contributed by atoms with Crippen molar-refractivity contribution in [3.63, 3.8) is 0 Å². The summed E-state index contributed by atoms with van der Waals surface area (Å²) in [5.41, 5.74) is 8.86. The number of phenols is 1. The van der Waals surface area contributed by atoms with E-state index in [0.29, 0.717) is 72.5 Å². The van der Waals surface area contributed by atoms with E-state index in [1.54, 1.807) is 88.5 Å². The number of phenolic OH excluding ortho intramolecular Hbond substituents is 1. The first kappa shape index (κ1) is 104. The molecule has 15 atom stereocenters. The predicted molar refractivity (Wildman–Crippen MR) is 472 cm³/mol. The number of aliphatic carboxylic acids is 1. The van der Waals surface area contributed by atoms with Crippen molar-refractivity contribution < 1.29 is 102 Å². The minimum Gasteiger partial charge on any atom is -0.508 e. The lowest BCUT2D eigenvalue weighted by Gasteiger charge is -2.35. The van der Waals surface area contributed by atoms with Gasteiger partial charge in [0.15, 0.2) is 0 Å². The van der Waals surface area contributed by atoms with E-state index < -0.39 is 229 Å². The van der Waals surface area contributed by atoms with Gasteiger partial charge in [0.25, 0.3) is 0 Å². The van der Waals surface area contributed by atoms with Gasteiger partial charge in [-0.15, -0.1) is 0 Å². The number of carboxylic acid groups (broad SMARTS) is 1. The van der Waals surface area contributed by atoms with Crippen molar-refractivity contribution >= 4 is 111 Å². The molecule has 128 heavy (non-hydrogen) atoms. The summed E-state index contributed by atoms with van der Waals surface area (Å²) >= 11 is 0. The molecule has 0 saturated heterocycles. The van der Waals surface area contributed by atoms with E-state index in [-0.39, 0.29) is 81.3 Å². The van der Waals surface area contributed by atoms with E-state index in [1.165, 1.54) is 65.8 Å². The smallest absolute Gasteiger partial charge is 0.303 e. The number of benzene rings is 3. The molecule has 38 nitrogen and oxygen atoms in total. The lowest BCUT2D eigenvalue weighted by molar-refractivity contribution is -0.140. The number of H-pyrrole nitrogens is 1. The number of para-hydroxylation sites is 1. The van der Waals surface area contributed by atoms with Crippen LogP contribution in [0.1, 0.15) is 208 Å². The first-order chi connectivity index (χ1) is 60.5. The largest absolute Gasteiger partial charge is 0.508 e. The number of nitrogens with two attached hydrogens (primary N) is 2. The van der Waals surface area contributed by atoms with Crippen LogP contribution in [0.2, 0.25) is 0 Å². The van der Waals surface area contributed by atoms with Gasteiger partial charge in [-0.3, -0.25) is 81.5 Å². The summed E-state index contributed by atoms with van der Waals surface area (Å²) < 4.78 is 0. The van der Waals surface area contributed by atoms with E-state index in [2.05, 4.69) is 79.4 Å². The monoisotopic (exact) mass is 1790 g/mol. The van der Waals surface area contributed by atoms with E-state index in [1.807, 2.05) is 12.2 Å². The van der Waals surface area contributed by atoms with Crippen LogP contribution in [0.3, 0.4) is 0 Å². The lowest BCUT2D eigenvalue weighted by atomic mass is 9.80. The van der Waals surface area contributed by atoms with Gasteiger partial charge in [0.2, 0.25) is 94.5 Å². The number of carbonyl (C=O) groups excluding carboxylic acids is 16. The standard InChI is InChI=1S/C90H131N17O21/c1-50(2)42-65(96-55(8)110)82(122)105-74(54(7)109)86(126)102-69(44-56-26-19-18-20-27-56)85(125)107-89(9)40-23-16-14-12-11-13-15-17-24-41-90(10,88(128)104-71(49-108)83(123)95-53(6)76(116)94-52(5)75(92)115)106-84(124)68(45-57-28-25-29-57)100-79(119)66(43-51(3)4)98-77(117)63(36-38-72(91)112)97-81(121)70(47-59-48-93-62-31-22-21-30-61(59)62)101-80(120)67(46-58-32-34-60(111)35-33-58)99-78(118)64(103-87(89)127)37-39-73(113)114/h13,15,18-22,26-27,30-35,48,50-54,57,63-71,74,93,108-109,111H,11-12,14,16-17,23-25,28-29,36-47,49H2,1-10H3,(H2,91,112)(H2,92,115)(H,94,116)(H,95,123)(H,96,110)(H,97,121)(H,98,117)(H,99,118)(H,100,119)(H,101,120)(H,102,126)(H,103,127)(H,104,128)(H,105,122)(H,106,124)(H,107,125)(H,113,114)/b15-13-/t52-,53-,54-,63+,64+,65+,66+,67+,68-,69+,70+,71-,74+,89-,90+/m1/s1.